The Morgan fingerprint density at radius 2 is 0.730 bits per heavy atom. The summed E-state index contributed by atoms with van der Waals surface area (Å²) in [6.45, 7) is 19.0. The maximum absolute atomic E-state index is 4.20. The van der Waals surface area contributed by atoms with E-state index < -0.39 is 5.54 Å². The van der Waals surface area contributed by atoms with E-state index in [1.54, 1.807) is 0 Å². The molecule has 5 aliphatic carbocycles. The lowest BCUT2D eigenvalue weighted by Gasteiger charge is -2.37. The molecule has 1 unspecified atom stereocenters. The van der Waals surface area contributed by atoms with Crippen molar-refractivity contribution >= 4 is 28.3 Å². The minimum atomic E-state index is -0.480. The summed E-state index contributed by atoms with van der Waals surface area (Å²) >= 11 is 0. The second-order valence-electron chi connectivity index (χ2n) is 23.8. The summed E-state index contributed by atoms with van der Waals surface area (Å²) in [7, 11) is 0. The molecule has 2 nitrogen and oxygen atoms in total. The van der Waals surface area contributed by atoms with Gasteiger partial charge < -0.3 is 10.2 Å². The third kappa shape index (κ3) is 6.30. The smallest absolute Gasteiger partial charge is 0.0847 e. The zero-order valence-corrected chi connectivity index (χ0v) is 43.9. The third-order valence-electron chi connectivity index (χ3n) is 18.4. The van der Waals surface area contributed by atoms with Crippen molar-refractivity contribution in [1.82, 2.24) is 0 Å². The Balaban J connectivity index is 0.842. The van der Waals surface area contributed by atoms with Gasteiger partial charge >= 0.3 is 0 Å². The molecule has 9 aromatic carbocycles. The van der Waals surface area contributed by atoms with Crippen LogP contribution in [0.3, 0.4) is 0 Å². The summed E-state index contributed by atoms with van der Waals surface area (Å²) in [6.07, 6.45) is 8.06. The van der Waals surface area contributed by atoms with E-state index in [9.17, 15) is 0 Å². The Morgan fingerprint density at radius 1 is 0.351 bits per heavy atom. The highest BCUT2D eigenvalue weighted by Gasteiger charge is 2.41. The first-order chi connectivity index (χ1) is 35.6. The van der Waals surface area contributed by atoms with E-state index >= 15 is 0 Å². The van der Waals surface area contributed by atoms with Crippen molar-refractivity contribution in [3.05, 3.63) is 268 Å². The SMILES string of the molecule is CC1(C)c2ccccc2-c2ccc(NC3(c4ccc5c(c4)C(C)(C)c4ccccc4-5)C=CC(c4ccc(N(c5ccc6c(c5)C(C)(C)c5ccccc5-6)c5ccc6c(c5)C(C)(C)c5ccccc5-6)cc4)=CC3)cc21. The van der Waals surface area contributed by atoms with Crippen LogP contribution >= 0.6 is 0 Å². The van der Waals surface area contributed by atoms with Crippen molar-refractivity contribution in [2.24, 2.45) is 0 Å². The maximum atomic E-state index is 4.20. The van der Waals surface area contributed by atoms with Gasteiger partial charge in [0.15, 0.2) is 0 Å². The quantitative estimate of drug-likeness (QED) is 0.171. The van der Waals surface area contributed by atoms with Gasteiger partial charge in [-0.05, 0) is 161 Å². The second-order valence-corrected chi connectivity index (χ2v) is 23.8. The molecule has 0 radical (unpaired) electrons. The lowest BCUT2D eigenvalue weighted by atomic mass is 9.77. The van der Waals surface area contributed by atoms with Gasteiger partial charge in [-0.2, -0.15) is 0 Å². The number of nitrogens with one attached hydrogen (secondary N) is 1. The molecule has 0 fully saturated rings. The minimum absolute atomic E-state index is 0.0939. The van der Waals surface area contributed by atoms with Crippen molar-refractivity contribution in [1.29, 1.82) is 0 Å². The van der Waals surface area contributed by atoms with E-state index in [2.05, 4.69) is 278 Å². The van der Waals surface area contributed by atoms with E-state index in [0.717, 1.165) is 29.2 Å². The molecule has 0 saturated carbocycles. The third-order valence-corrected chi connectivity index (χ3v) is 18.4. The minimum Gasteiger partial charge on any atom is -0.372 e. The molecule has 9 aromatic rings. The largest absolute Gasteiger partial charge is 0.372 e. The number of nitrogens with zero attached hydrogens (tertiary/aromatic N) is 1. The summed E-state index contributed by atoms with van der Waals surface area (Å²) < 4.78 is 0. The van der Waals surface area contributed by atoms with Crippen LogP contribution in [0.1, 0.15) is 117 Å². The van der Waals surface area contributed by atoms with Crippen LogP contribution in [0, 0.1) is 0 Å². The zero-order chi connectivity index (χ0) is 50.5. The number of hydrogen-bond donors (Lipinski definition) is 1. The van der Waals surface area contributed by atoms with Crippen molar-refractivity contribution in [2.75, 3.05) is 10.2 Å². The number of anilines is 4. The Hall–Kier alpha value is -7.94. The maximum Gasteiger partial charge on any atom is 0.0847 e. The van der Waals surface area contributed by atoms with Crippen LogP contribution in [-0.4, -0.2) is 0 Å². The van der Waals surface area contributed by atoms with Crippen LogP contribution < -0.4 is 10.2 Å². The van der Waals surface area contributed by atoms with Gasteiger partial charge in [0.1, 0.15) is 0 Å². The van der Waals surface area contributed by atoms with E-state index in [1.165, 1.54) is 106 Å². The molecule has 0 bridgehead atoms. The van der Waals surface area contributed by atoms with Crippen molar-refractivity contribution in [2.45, 2.75) is 89.0 Å². The van der Waals surface area contributed by atoms with Crippen LogP contribution in [0.5, 0.6) is 0 Å². The highest BCUT2D eigenvalue weighted by molar-refractivity contribution is 5.90. The second kappa shape index (κ2) is 15.5. The first kappa shape index (κ1) is 44.7. The van der Waals surface area contributed by atoms with E-state index in [-0.39, 0.29) is 21.7 Å². The molecule has 2 heteroatoms. The Labute approximate surface area is 437 Å². The van der Waals surface area contributed by atoms with Crippen LogP contribution in [0.25, 0.3) is 50.1 Å². The van der Waals surface area contributed by atoms with E-state index in [0.29, 0.717) is 0 Å². The monoisotopic (exact) mass is 954 g/mol. The molecular weight excluding hydrogens is 893 g/mol. The van der Waals surface area contributed by atoms with E-state index in [4.69, 9.17) is 0 Å². The first-order valence-corrected chi connectivity index (χ1v) is 26.7. The molecule has 1 atom stereocenters. The number of rotatable bonds is 7. The number of hydrogen-bond acceptors (Lipinski definition) is 2. The van der Waals surface area contributed by atoms with Crippen molar-refractivity contribution in [3.63, 3.8) is 0 Å². The van der Waals surface area contributed by atoms with Gasteiger partial charge in [0.25, 0.3) is 0 Å². The molecule has 0 spiro atoms. The molecule has 5 aliphatic rings. The molecule has 1 N–H and O–H groups in total. The van der Waals surface area contributed by atoms with Gasteiger partial charge in [-0.15, -0.1) is 0 Å². The van der Waals surface area contributed by atoms with E-state index in [1.807, 2.05) is 0 Å². The fourth-order valence-corrected chi connectivity index (χ4v) is 14.2. The summed E-state index contributed by atoms with van der Waals surface area (Å²) in [4.78, 5) is 2.48. The molecule has 360 valence electrons. The summed E-state index contributed by atoms with van der Waals surface area (Å²) in [5.74, 6) is 0. The predicted octanol–water partition coefficient (Wildman–Crippen LogP) is 18.7. The van der Waals surface area contributed by atoms with Crippen LogP contribution in [0.4, 0.5) is 22.7 Å². The highest BCUT2D eigenvalue weighted by Crippen LogP contribution is 2.55. The van der Waals surface area contributed by atoms with Crippen LogP contribution in [-0.2, 0) is 27.2 Å². The van der Waals surface area contributed by atoms with Crippen LogP contribution in [0.2, 0.25) is 0 Å². The number of allylic oxidation sites excluding steroid dienone is 2. The number of fused-ring (bicyclic) bond motifs is 12. The van der Waals surface area contributed by atoms with Crippen LogP contribution in [0.15, 0.2) is 212 Å². The molecular formula is C72H62N2. The molecule has 0 saturated heterocycles. The van der Waals surface area contributed by atoms with Gasteiger partial charge in [0.05, 0.1) is 5.54 Å². The summed E-state index contributed by atoms with van der Waals surface area (Å²) in [5.41, 5.74) is 29.2. The normalized spacial score (nSPS) is 18.7. The Morgan fingerprint density at radius 3 is 1.18 bits per heavy atom. The van der Waals surface area contributed by atoms with Crippen molar-refractivity contribution in [3.8, 4) is 44.5 Å². The molecule has 0 aromatic heterocycles. The Kier molecular flexibility index (Phi) is 9.40. The fraction of sp³-hybridized carbons (Fsp3) is 0.194. The van der Waals surface area contributed by atoms with Gasteiger partial charge in [-0.1, -0.05) is 219 Å². The average Bonchev–Trinajstić information content (AvgIpc) is 4.00. The lowest BCUT2D eigenvalue weighted by molar-refractivity contribution is 0.610. The first-order valence-electron chi connectivity index (χ1n) is 26.7. The lowest BCUT2D eigenvalue weighted by Crippen LogP contribution is -2.34. The molecule has 0 amide bonds. The van der Waals surface area contributed by atoms with Gasteiger partial charge in [0.2, 0.25) is 0 Å². The average molecular weight is 955 g/mol. The van der Waals surface area contributed by atoms with Gasteiger partial charge in [-0.25, -0.2) is 0 Å². The summed E-state index contributed by atoms with van der Waals surface area (Å²) in [6, 6.07) is 73.7. The number of benzene rings is 9. The van der Waals surface area contributed by atoms with Crippen molar-refractivity contribution < 1.29 is 0 Å². The topological polar surface area (TPSA) is 15.3 Å². The zero-order valence-electron chi connectivity index (χ0n) is 43.9. The highest BCUT2D eigenvalue weighted by atomic mass is 15.1. The fourth-order valence-electron chi connectivity index (χ4n) is 14.2. The molecule has 0 aliphatic heterocycles. The molecule has 14 rings (SSSR count). The summed E-state index contributed by atoms with van der Waals surface area (Å²) in [5, 5.41) is 4.20. The van der Waals surface area contributed by atoms with Gasteiger partial charge in [0, 0.05) is 44.4 Å². The molecule has 0 heterocycles. The Bertz CT molecular complexity index is 3800. The molecule has 74 heavy (non-hydrogen) atoms. The standard InChI is InChI=1S/C72H62N2/c1-68(2)60-21-13-9-17-52(60)56-33-27-47(41-64(56)68)72(73-48-28-34-57-53-18-10-14-22-61(53)69(3,4)65(57)42-48)39-37-46(38-40-72)45-25-29-49(30-26-45)74(50-31-35-58-54-19-11-15-23-62(54)70(5,6)66(58)43-50)51-32-36-59-55-20-12-16-24-63(55)71(7,8)67(59)44-51/h9-39,41-44,73H,40H2,1-8H3. The van der Waals surface area contributed by atoms with Gasteiger partial charge in [-0.3, -0.25) is 0 Å². The predicted molar refractivity (Wildman–Crippen MR) is 311 cm³/mol.